The molecule has 84 valence electrons. The summed E-state index contributed by atoms with van der Waals surface area (Å²) in [5.74, 6) is 0.132. The van der Waals surface area contributed by atoms with Gasteiger partial charge >= 0.3 is 0 Å². The number of nitrogens with zero attached hydrogens (tertiary/aromatic N) is 1. The molecular weight excluding hydrogens is 220 g/mol. The van der Waals surface area contributed by atoms with Crippen molar-refractivity contribution in [2.75, 3.05) is 5.32 Å². The van der Waals surface area contributed by atoms with Crippen molar-refractivity contribution in [2.45, 2.75) is 31.7 Å². The molecule has 0 spiro atoms. The summed E-state index contributed by atoms with van der Waals surface area (Å²) in [4.78, 5) is 0. The van der Waals surface area contributed by atoms with Gasteiger partial charge in [-0.05, 0) is 31.0 Å². The number of anilines is 1. The van der Waals surface area contributed by atoms with Gasteiger partial charge in [-0.2, -0.15) is 5.26 Å². The number of benzene rings is 1. The van der Waals surface area contributed by atoms with Crippen molar-refractivity contribution in [3.8, 4) is 6.07 Å². The Morgan fingerprint density at radius 1 is 1.31 bits per heavy atom. The lowest BCUT2D eigenvalue weighted by molar-refractivity contribution is 0.389. The highest BCUT2D eigenvalue weighted by molar-refractivity contribution is 6.30. The Morgan fingerprint density at radius 2 is 2.12 bits per heavy atom. The first-order valence-corrected chi connectivity index (χ1v) is 6.09. The van der Waals surface area contributed by atoms with Crippen LogP contribution in [0.2, 0.25) is 5.02 Å². The quantitative estimate of drug-likeness (QED) is 0.844. The van der Waals surface area contributed by atoms with E-state index in [1.165, 1.54) is 12.8 Å². The number of halogens is 1. The second-order valence-corrected chi connectivity index (χ2v) is 4.72. The first-order chi connectivity index (χ1) is 7.79. The normalized spacial score (nSPS) is 24.8. The van der Waals surface area contributed by atoms with Gasteiger partial charge < -0.3 is 5.32 Å². The maximum atomic E-state index is 9.08. The van der Waals surface area contributed by atoms with Gasteiger partial charge in [-0.25, -0.2) is 0 Å². The van der Waals surface area contributed by atoms with Gasteiger partial charge in [0.25, 0.3) is 0 Å². The molecule has 1 saturated carbocycles. The molecule has 0 heterocycles. The van der Waals surface area contributed by atoms with E-state index in [9.17, 15) is 0 Å². The van der Waals surface area contributed by atoms with Crippen LogP contribution in [0, 0.1) is 17.2 Å². The summed E-state index contributed by atoms with van der Waals surface area (Å²) in [7, 11) is 0. The Kier molecular flexibility index (Phi) is 3.69. The minimum Gasteiger partial charge on any atom is -0.381 e. The van der Waals surface area contributed by atoms with Crippen molar-refractivity contribution in [2.24, 2.45) is 5.92 Å². The second-order valence-electron chi connectivity index (χ2n) is 4.28. The standard InChI is InChI=1S/C13H15ClN2/c14-11-5-3-6-12(8-11)16-13-7-2-1-4-10(13)9-15/h3,5-6,8,10,13,16H,1-2,4,7H2. The van der Waals surface area contributed by atoms with Crippen molar-refractivity contribution in [3.63, 3.8) is 0 Å². The van der Waals surface area contributed by atoms with Crippen LogP contribution in [-0.2, 0) is 0 Å². The zero-order chi connectivity index (χ0) is 11.4. The first kappa shape index (κ1) is 11.3. The molecule has 1 fully saturated rings. The molecule has 2 rings (SSSR count). The highest BCUT2D eigenvalue weighted by Gasteiger charge is 2.24. The number of nitriles is 1. The van der Waals surface area contributed by atoms with Gasteiger partial charge in [0.2, 0.25) is 0 Å². The van der Waals surface area contributed by atoms with Gasteiger partial charge in [-0.3, -0.25) is 0 Å². The van der Waals surface area contributed by atoms with E-state index in [-0.39, 0.29) is 12.0 Å². The van der Waals surface area contributed by atoms with E-state index in [4.69, 9.17) is 16.9 Å². The van der Waals surface area contributed by atoms with E-state index in [2.05, 4.69) is 11.4 Å². The van der Waals surface area contributed by atoms with Crippen LogP contribution in [-0.4, -0.2) is 6.04 Å². The fraction of sp³-hybridized carbons (Fsp3) is 0.462. The summed E-state index contributed by atoms with van der Waals surface area (Å²) in [6.07, 6.45) is 4.46. The predicted octanol–water partition coefficient (Wildman–Crippen LogP) is 3.83. The lowest BCUT2D eigenvalue weighted by Crippen LogP contribution is -2.31. The van der Waals surface area contributed by atoms with E-state index in [1.54, 1.807) is 0 Å². The van der Waals surface area contributed by atoms with E-state index < -0.39 is 0 Å². The monoisotopic (exact) mass is 234 g/mol. The third kappa shape index (κ3) is 2.68. The molecule has 0 aromatic heterocycles. The average Bonchev–Trinajstić information content (AvgIpc) is 2.30. The van der Waals surface area contributed by atoms with Crippen LogP contribution in [0.1, 0.15) is 25.7 Å². The summed E-state index contributed by atoms with van der Waals surface area (Å²) >= 11 is 5.93. The summed E-state index contributed by atoms with van der Waals surface area (Å²) in [6.45, 7) is 0. The van der Waals surface area contributed by atoms with Crippen molar-refractivity contribution in [3.05, 3.63) is 29.3 Å². The van der Waals surface area contributed by atoms with Crippen molar-refractivity contribution in [1.29, 1.82) is 5.26 Å². The average molecular weight is 235 g/mol. The molecule has 0 saturated heterocycles. The molecule has 1 aliphatic rings. The van der Waals surface area contributed by atoms with Gasteiger partial charge in [-0.15, -0.1) is 0 Å². The fourth-order valence-electron chi connectivity index (χ4n) is 2.25. The van der Waals surface area contributed by atoms with Crippen LogP contribution < -0.4 is 5.32 Å². The molecule has 2 nitrogen and oxygen atoms in total. The summed E-state index contributed by atoms with van der Waals surface area (Å²) in [6, 6.07) is 10.4. The molecular formula is C13H15ClN2. The largest absolute Gasteiger partial charge is 0.381 e. The van der Waals surface area contributed by atoms with Gasteiger partial charge in [0, 0.05) is 16.8 Å². The molecule has 2 atom stereocenters. The van der Waals surface area contributed by atoms with Gasteiger partial charge in [0.15, 0.2) is 0 Å². The minimum absolute atomic E-state index is 0.132. The maximum absolute atomic E-state index is 9.08. The molecule has 0 bridgehead atoms. The molecule has 1 aliphatic carbocycles. The van der Waals surface area contributed by atoms with E-state index in [0.717, 1.165) is 23.6 Å². The second kappa shape index (κ2) is 5.23. The highest BCUT2D eigenvalue weighted by atomic mass is 35.5. The molecule has 3 heteroatoms. The molecule has 1 aromatic rings. The zero-order valence-electron chi connectivity index (χ0n) is 9.12. The van der Waals surface area contributed by atoms with Gasteiger partial charge in [0.1, 0.15) is 0 Å². The van der Waals surface area contributed by atoms with Crippen molar-refractivity contribution in [1.82, 2.24) is 0 Å². The fourth-order valence-corrected chi connectivity index (χ4v) is 2.44. The third-order valence-electron chi connectivity index (χ3n) is 3.11. The van der Waals surface area contributed by atoms with Gasteiger partial charge in [-0.1, -0.05) is 30.5 Å². The molecule has 1 N–H and O–H groups in total. The topological polar surface area (TPSA) is 35.8 Å². The minimum atomic E-state index is 0.132. The van der Waals surface area contributed by atoms with Crippen LogP contribution in [0.4, 0.5) is 5.69 Å². The third-order valence-corrected chi connectivity index (χ3v) is 3.34. The predicted molar refractivity (Wildman–Crippen MR) is 66.4 cm³/mol. The summed E-state index contributed by atoms with van der Waals surface area (Å²) in [5.41, 5.74) is 1.01. The van der Waals surface area contributed by atoms with Crippen LogP contribution in [0.3, 0.4) is 0 Å². The van der Waals surface area contributed by atoms with Crippen molar-refractivity contribution >= 4 is 17.3 Å². The highest BCUT2D eigenvalue weighted by Crippen LogP contribution is 2.27. The van der Waals surface area contributed by atoms with Gasteiger partial charge in [0.05, 0.1) is 12.0 Å². The van der Waals surface area contributed by atoms with E-state index in [0.29, 0.717) is 0 Å². The smallest absolute Gasteiger partial charge is 0.0677 e. The number of hydrogen-bond acceptors (Lipinski definition) is 2. The summed E-state index contributed by atoms with van der Waals surface area (Å²) in [5, 5.41) is 13.2. The molecule has 16 heavy (non-hydrogen) atoms. The molecule has 1 aromatic carbocycles. The van der Waals surface area contributed by atoms with Crippen LogP contribution in [0.25, 0.3) is 0 Å². The maximum Gasteiger partial charge on any atom is 0.0677 e. The van der Waals surface area contributed by atoms with E-state index >= 15 is 0 Å². The molecule has 0 aliphatic heterocycles. The Bertz CT molecular complexity index is 397. The Labute approximate surface area is 101 Å². The molecule has 0 radical (unpaired) electrons. The molecule has 2 unspecified atom stereocenters. The van der Waals surface area contributed by atoms with Crippen LogP contribution >= 0.6 is 11.6 Å². The van der Waals surface area contributed by atoms with Crippen LogP contribution in [0.15, 0.2) is 24.3 Å². The molecule has 0 amide bonds. The Morgan fingerprint density at radius 3 is 2.88 bits per heavy atom. The number of hydrogen-bond donors (Lipinski definition) is 1. The first-order valence-electron chi connectivity index (χ1n) is 5.71. The Hall–Kier alpha value is -1.20. The number of rotatable bonds is 2. The number of nitrogens with one attached hydrogen (secondary N) is 1. The Balaban J connectivity index is 2.05. The van der Waals surface area contributed by atoms with Crippen LogP contribution in [0.5, 0.6) is 0 Å². The van der Waals surface area contributed by atoms with E-state index in [1.807, 2.05) is 24.3 Å². The summed E-state index contributed by atoms with van der Waals surface area (Å²) < 4.78 is 0. The lowest BCUT2D eigenvalue weighted by atomic mass is 9.85. The SMILES string of the molecule is N#CC1CCCCC1Nc1cccc(Cl)c1. The zero-order valence-corrected chi connectivity index (χ0v) is 9.87. The lowest BCUT2D eigenvalue weighted by Gasteiger charge is -2.28. The van der Waals surface area contributed by atoms with Crippen molar-refractivity contribution < 1.29 is 0 Å².